The molecule has 2 aromatic rings. The maximum atomic E-state index is 12.9. The second kappa shape index (κ2) is 5.44. The monoisotopic (exact) mass is 270 g/mol. The van der Waals surface area contributed by atoms with E-state index in [1.54, 1.807) is 7.05 Å². The standard InChI is InChI=1S/C13H13F3N2O/c1-17-7-6-9-8-19-12(18-9)10-4-2-3-5-11(10)13(14,15)16/h2-5,8,17H,6-7H2,1H3. The van der Waals surface area contributed by atoms with Crippen LogP contribution in [-0.4, -0.2) is 18.6 Å². The lowest BCUT2D eigenvalue weighted by atomic mass is 10.1. The van der Waals surface area contributed by atoms with Gasteiger partial charge in [0.1, 0.15) is 6.26 Å². The summed E-state index contributed by atoms with van der Waals surface area (Å²) in [4.78, 5) is 4.09. The van der Waals surface area contributed by atoms with E-state index < -0.39 is 11.7 Å². The van der Waals surface area contributed by atoms with Gasteiger partial charge in [-0.25, -0.2) is 4.98 Å². The Morgan fingerprint density at radius 3 is 2.68 bits per heavy atom. The summed E-state index contributed by atoms with van der Waals surface area (Å²) < 4.78 is 43.7. The molecule has 0 radical (unpaired) electrons. The summed E-state index contributed by atoms with van der Waals surface area (Å²) >= 11 is 0. The number of likely N-dealkylation sites (N-methyl/N-ethyl adjacent to an activating group) is 1. The number of rotatable bonds is 4. The summed E-state index contributed by atoms with van der Waals surface area (Å²) in [7, 11) is 1.79. The van der Waals surface area contributed by atoms with E-state index in [1.165, 1.54) is 24.5 Å². The fourth-order valence-corrected chi connectivity index (χ4v) is 1.72. The summed E-state index contributed by atoms with van der Waals surface area (Å²) in [6.07, 6.45) is -2.43. The number of nitrogens with one attached hydrogen (secondary N) is 1. The molecule has 0 amide bonds. The van der Waals surface area contributed by atoms with E-state index in [2.05, 4.69) is 10.3 Å². The zero-order valence-electron chi connectivity index (χ0n) is 10.3. The minimum Gasteiger partial charge on any atom is -0.444 e. The van der Waals surface area contributed by atoms with Crippen molar-refractivity contribution in [2.75, 3.05) is 13.6 Å². The van der Waals surface area contributed by atoms with Crippen LogP contribution in [0.1, 0.15) is 11.3 Å². The largest absolute Gasteiger partial charge is 0.444 e. The Balaban J connectivity index is 2.34. The molecule has 1 heterocycles. The van der Waals surface area contributed by atoms with Gasteiger partial charge in [0.15, 0.2) is 0 Å². The first-order chi connectivity index (χ1) is 9.02. The van der Waals surface area contributed by atoms with Gasteiger partial charge in [0, 0.05) is 18.5 Å². The van der Waals surface area contributed by atoms with Gasteiger partial charge in [0.25, 0.3) is 0 Å². The van der Waals surface area contributed by atoms with Crippen molar-refractivity contribution in [3.63, 3.8) is 0 Å². The topological polar surface area (TPSA) is 38.1 Å². The van der Waals surface area contributed by atoms with Crippen molar-refractivity contribution in [3.05, 3.63) is 41.8 Å². The predicted molar refractivity (Wildman–Crippen MR) is 64.6 cm³/mol. The highest BCUT2D eigenvalue weighted by Gasteiger charge is 2.34. The molecule has 0 saturated heterocycles. The quantitative estimate of drug-likeness (QED) is 0.927. The van der Waals surface area contributed by atoms with Gasteiger partial charge in [-0.2, -0.15) is 13.2 Å². The van der Waals surface area contributed by atoms with Crippen LogP contribution in [-0.2, 0) is 12.6 Å². The Hall–Kier alpha value is -1.82. The van der Waals surface area contributed by atoms with E-state index in [4.69, 9.17) is 4.42 Å². The molecule has 0 aliphatic heterocycles. The number of halogens is 3. The SMILES string of the molecule is CNCCc1coc(-c2ccccc2C(F)(F)F)n1. The Labute approximate surface area is 108 Å². The molecule has 19 heavy (non-hydrogen) atoms. The predicted octanol–water partition coefficient (Wildman–Crippen LogP) is 3.12. The van der Waals surface area contributed by atoms with E-state index >= 15 is 0 Å². The van der Waals surface area contributed by atoms with E-state index in [1.807, 2.05) is 0 Å². The highest BCUT2D eigenvalue weighted by atomic mass is 19.4. The number of benzene rings is 1. The zero-order valence-corrected chi connectivity index (χ0v) is 10.3. The molecule has 0 unspecified atom stereocenters. The lowest BCUT2D eigenvalue weighted by Gasteiger charge is -2.09. The maximum Gasteiger partial charge on any atom is 0.417 e. The van der Waals surface area contributed by atoms with Gasteiger partial charge in [-0.05, 0) is 19.2 Å². The van der Waals surface area contributed by atoms with Crippen LogP contribution in [0.15, 0.2) is 34.9 Å². The molecule has 0 fully saturated rings. The molecule has 0 saturated carbocycles. The van der Waals surface area contributed by atoms with Crippen LogP contribution in [0.3, 0.4) is 0 Å². The molecule has 1 N–H and O–H groups in total. The third kappa shape index (κ3) is 3.14. The lowest BCUT2D eigenvalue weighted by Crippen LogP contribution is -2.10. The fourth-order valence-electron chi connectivity index (χ4n) is 1.72. The second-order valence-corrected chi connectivity index (χ2v) is 4.04. The Bertz CT molecular complexity index is 549. The second-order valence-electron chi connectivity index (χ2n) is 4.04. The molecule has 3 nitrogen and oxygen atoms in total. The molecule has 1 aromatic heterocycles. The zero-order chi connectivity index (χ0) is 13.9. The first-order valence-corrected chi connectivity index (χ1v) is 5.78. The molecule has 102 valence electrons. The third-order valence-corrected chi connectivity index (χ3v) is 2.65. The highest BCUT2D eigenvalue weighted by molar-refractivity contribution is 5.59. The highest BCUT2D eigenvalue weighted by Crippen LogP contribution is 2.36. The molecule has 0 aliphatic rings. The molecular formula is C13H13F3N2O. The molecule has 6 heteroatoms. The molecule has 0 aliphatic carbocycles. The minimum atomic E-state index is -4.42. The summed E-state index contributed by atoms with van der Waals surface area (Å²) in [6, 6.07) is 5.25. The van der Waals surface area contributed by atoms with Gasteiger partial charge in [0.05, 0.1) is 11.3 Å². The van der Waals surface area contributed by atoms with E-state index in [9.17, 15) is 13.2 Å². The van der Waals surface area contributed by atoms with Crippen molar-refractivity contribution in [3.8, 4) is 11.5 Å². The van der Waals surface area contributed by atoms with Crippen LogP contribution >= 0.6 is 0 Å². The van der Waals surface area contributed by atoms with Crippen LogP contribution in [0.25, 0.3) is 11.5 Å². The molecular weight excluding hydrogens is 257 g/mol. The molecule has 1 aromatic carbocycles. The van der Waals surface area contributed by atoms with Gasteiger partial charge in [-0.1, -0.05) is 12.1 Å². The smallest absolute Gasteiger partial charge is 0.417 e. The Kier molecular flexibility index (Phi) is 3.90. The van der Waals surface area contributed by atoms with Gasteiger partial charge >= 0.3 is 6.18 Å². The molecule has 0 spiro atoms. The van der Waals surface area contributed by atoms with Gasteiger partial charge < -0.3 is 9.73 Å². The minimum absolute atomic E-state index is 0.000900. The number of hydrogen-bond acceptors (Lipinski definition) is 3. The van der Waals surface area contributed by atoms with E-state index in [0.717, 1.165) is 6.07 Å². The first kappa shape index (κ1) is 13.6. The summed E-state index contributed by atoms with van der Waals surface area (Å²) in [6.45, 7) is 0.687. The van der Waals surface area contributed by atoms with Crippen molar-refractivity contribution in [2.24, 2.45) is 0 Å². The molecule has 2 rings (SSSR count). The Morgan fingerprint density at radius 1 is 1.26 bits per heavy atom. The average molecular weight is 270 g/mol. The van der Waals surface area contributed by atoms with Gasteiger partial charge in [0.2, 0.25) is 5.89 Å². The Morgan fingerprint density at radius 2 is 2.00 bits per heavy atom. The van der Waals surface area contributed by atoms with Crippen molar-refractivity contribution >= 4 is 0 Å². The van der Waals surface area contributed by atoms with Crippen LogP contribution in [0.5, 0.6) is 0 Å². The first-order valence-electron chi connectivity index (χ1n) is 5.78. The van der Waals surface area contributed by atoms with Crippen molar-refractivity contribution in [1.82, 2.24) is 10.3 Å². The third-order valence-electron chi connectivity index (χ3n) is 2.65. The van der Waals surface area contributed by atoms with Crippen LogP contribution in [0, 0.1) is 0 Å². The van der Waals surface area contributed by atoms with Gasteiger partial charge in [-0.15, -0.1) is 0 Å². The number of aromatic nitrogens is 1. The van der Waals surface area contributed by atoms with Crippen LogP contribution in [0.2, 0.25) is 0 Å². The normalized spacial score (nSPS) is 11.8. The van der Waals surface area contributed by atoms with E-state index in [0.29, 0.717) is 18.7 Å². The van der Waals surface area contributed by atoms with Crippen LogP contribution in [0.4, 0.5) is 13.2 Å². The van der Waals surface area contributed by atoms with Crippen LogP contribution < -0.4 is 5.32 Å². The number of nitrogens with zero attached hydrogens (tertiary/aromatic N) is 1. The summed E-state index contributed by atoms with van der Waals surface area (Å²) in [5.74, 6) is -0.000900. The number of alkyl halides is 3. The van der Waals surface area contributed by atoms with Crippen molar-refractivity contribution < 1.29 is 17.6 Å². The van der Waals surface area contributed by atoms with E-state index in [-0.39, 0.29) is 11.5 Å². The average Bonchev–Trinajstić information content (AvgIpc) is 2.84. The van der Waals surface area contributed by atoms with Crippen molar-refractivity contribution in [2.45, 2.75) is 12.6 Å². The fraction of sp³-hybridized carbons (Fsp3) is 0.308. The summed E-state index contributed by atoms with van der Waals surface area (Å²) in [5, 5.41) is 2.94. The van der Waals surface area contributed by atoms with Gasteiger partial charge in [-0.3, -0.25) is 0 Å². The number of oxazole rings is 1. The lowest BCUT2D eigenvalue weighted by molar-refractivity contribution is -0.137. The van der Waals surface area contributed by atoms with Crippen molar-refractivity contribution in [1.29, 1.82) is 0 Å². The summed E-state index contributed by atoms with van der Waals surface area (Å²) in [5.41, 5.74) is -0.149. The molecule has 0 atom stereocenters. The molecule has 0 bridgehead atoms. The number of hydrogen-bond donors (Lipinski definition) is 1. The maximum absolute atomic E-state index is 12.9.